The third-order valence-electron chi connectivity index (χ3n) is 3.59. The third-order valence-corrected chi connectivity index (χ3v) is 3.59. The van der Waals surface area contributed by atoms with Gasteiger partial charge in [0, 0.05) is 38.0 Å². The third kappa shape index (κ3) is 4.70. The van der Waals surface area contributed by atoms with Crippen molar-refractivity contribution >= 4 is 5.97 Å². The average molecular weight is 274 g/mol. The molecule has 1 saturated heterocycles. The second-order valence-electron chi connectivity index (χ2n) is 5.06. The number of hydrogen-bond acceptors (Lipinski definition) is 4. The van der Waals surface area contributed by atoms with E-state index in [1.807, 2.05) is 6.07 Å². The highest BCUT2D eigenvalue weighted by Crippen LogP contribution is 2.13. The average Bonchev–Trinajstić information content (AvgIpc) is 2.50. The van der Waals surface area contributed by atoms with Crippen molar-refractivity contribution in [2.75, 3.05) is 20.2 Å². The second kappa shape index (κ2) is 7.70. The number of ether oxygens (including phenoxy) is 1. The van der Waals surface area contributed by atoms with E-state index in [1.54, 1.807) is 6.20 Å². The topological polar surface area (TPSA) is 41.6 Å². The fourth-order valence-electron chi connectivity index (χ4n) is 2.42. The first-order valence-corrected chi connectivity index (χ1v) is 7.05. The SMILES string of the molecule is COC(=O)/C=C/NC1CCN(Cc2ccccc2)CC1. The van der Waals surface area contributed by atoms with Crippen molar-refractivity contribution in [3.05, 3.63) is 48.2 Å². The zero-order chi connectivity index (χ0) is 14.2. The molecule has 0 amide bonds. The molecule has 1 aliphatic heterocycles. The largest absolute Gasteiger partial charge is 0.466 e. The number of nitrogens with one attached hydrogen (secondary N) is 1. The molecule has 1 aromatic rings. The maximum Gasteiger partial charge on any atom is 0.331 e. The van der Waals surface area contributed by atoms with Crippen LogP contribution in [0.2, 0.25) is 0 Å². The normalized spacial score (nSPS) is 17.2. The van der Waals surface area contributed by atoms with E-state index in [1.165, 1.54) is 18.7 Å². The number of benzene rings is 1. The smallest absolute Gasteiger partial charge is 0.331 e. The Hall–Kier alpha value is -1.81. The molecule has 0 aliphatic carbocycles. The van der Waals surface area contributed by atoms with E-state index < -0.39 is 0 Å². The molecule has 1 fully saturated rings. The predicted molar refractivity (Wildman–Crippen MR) is 79.0 cm³/mol. The van der Waals surface area contributed by atoms with Crippen LogP contribution < -0.4 is 5.32 Å². The minimum atomic E-state index is -0.320. The van der Waals surface area contributed by atoms with Crippen molar-refractivity contribution in [2.45, 2.75) is 25.4 Å². The van der Waals surface area contributed by atoms with Gasteiger partial charge in [-0.15, -0.1) is 0 Å². The molecule has 2 rings (SSSR count). The molecule has 0 saturated carbocycles. The van der Waals surface area contributed by atoms with Crippen molar-refractivity contribution < 1.29 is 9.53 Å². The van der Waals surface area contributed by atoms with Gasteiger partial charge in [0.1, 0.15) is 0 Å². The summed E-state index contributed by atoms with van der Waals surface area (Å²) in [6, 6.07) is 11.0. The number of nitrogens with zero attached hydrogens (tertiary/aromatic N) is 1. The summed E-state index contributed by atoms with van der Waals surface area (Å²) in [4.78, 5) is 13.4. The van der Waals surface area contributed by atoms with Crippen LogP contribution >= 0.6 is 0 Å². The van der Waals surface area contributed by atoms with Crippen LogP contribution in [0.1, 0.15) is 18.4 Å². The molecular formula is C16H22N2O2. The first kappa shape index (κ1) is 14.6. The van der Waals surface area contributed by atoms with Crippen molar-refractivity contribution in [3.63, 3.8) is 0 Å². The van der Waals surface area contributed by atoms with Gasteiger partial charge in [0.05, 0.1) is 7.11 Å². The lowest BCUT2D eigenvalue weighted by molar-refractivity contribution is -0.134. The van der Waals surface area contributed by atoms with E-state index >= 15 is 0 Å². The number of carbonyl (C=O) groups is 1. The van der Waals surface area contributed by atoms with Crippen molar-refractivity contribution in [1.82, 2.24) is 10.2 Å². The lowest BCUT2D eigenvalue weighted by Gasteiger charge is -2.32. The highest BCUT2D eigenvalue weighted by atomic mass is 16.5. The van der Waals surface area contributed by atoms with Gasteiger partial charge in [0.2, 0.25) is 0 Å². The van der Waals surface area contributed by atoms with Gasteiger partial charge in [0.15, 0.2) is 0 Å². The Bertz CT molecular complexity index is 437. The molecular weight excluding hydrogens is 252 g/mol. The number of piperidine rings is 1. The molecule has 1 aromatic carbocycles. The molecule has 1 heterocycles. The number of methoxy groups -OCH3 is 1. The molecule has 0 spiro atoms. The highest BCUT2D eigenvalue weighted by Gasteiger charge is 2.17. The van der Waals surface area contributed by atoms with Crippen LogP contribution in [0.15, 0.2) is 42.6 Å². The first-order chi connectivity index (χ1) is 9.78. The van der Waals surface area contributed by atoms with Crippen LogP contribution in [0.25, 0.3) is 0 Å². The molecule has 4 heteroatoms. The summed E-state index contributed by atoms with van der Waals surface area (Å²) in [6.07, 6.45) is 5.32. The van der Waals surface area contributed by atoms with Gasteiger partial charge >= 0.3 is 5.97 Å². The maximum absolute atomic E-state index is 11.0. The van der Waals surface area contributed by atoms with Crippen molar-refractivity contribution in [2.24, 2.45) is 0 Å². The zero-order valence-electron chi connectivity index (χ0n) is 11.9. The summed E-state index contributed by atoms with van der Waals surface area (Å²) in [5.41, 5.74) is 1.37. The fraction of sp³-hybridized carbons (Fsp3) is 0.438. The lowest BCUT2D eigenvalue weighted by atomic mass is 10.0. The molecule has 0 aromatic heterocycles. The van der Waals surface area contributed by atoms with E-state index in [0.717, 1.165) is 32.5 Å². The quantitative estimate of drug-likeness (QED) is 0.658. The molecule has 1 N–H and O–H groups in total. The summed E-state index contributed by atoms with van der Waals surface area (Å²) in [7, 11) is 1.38. The van der Waals surface area contributed by atoms with Crippen LogP contribution in [-0.4, -0.2) is 37.1 Å². The molecule has 108 valence electrons. The first-order valence-electron chi connectivity index (χ1n) is 7.05. The van der Waals surface area contributed by atoms with Crippen molar-refractivity contribution in [3.8, 4) is 0 Å². The standard InChI is InChI=1S/C16H22N2O2/c1-20-16(19)7-10-17-15-8-11-18(12-9-15)13-14-5-3-2-4-6-14/h2-7,10,15,17H,8-9,11-13H2,1H3/b10-7+. The van der Waals surface area contributed by atoms with Gasteiger partial charge in [-0.3, -0.25) is 4.90 Å². The Morgan fingerprint density at radius 2 is 2.05 bits per heavy atom. The zero-order valence-corrected chi connectivity index (χ0v) is 11.9. The Morgan fingerprint density at radius 1 is 1.35 bits per heavy atom. The van der Waals surface area contributed by atoms with Gasteiger partial charge in [0.25, 0.3) is 0 Å². The van der Waals surface area contributed by atoms with E-state index in [-0.39, 0.29) is 5.97 Å². The summed E-state index contributed by atoms with van der Waals surface area (Å²) in [5, 5.41) is 3.26. The van der Waals surface area contributed by atoms with E-state index in [9.17, 15) is 4.79 Å². The van der Waals surface area contributed by atoms with Gasteiger partial charge in [-0.25, -0.2) is 4.79 Å². The van der Waals surface area contributed by atoms with Crippen LogP contribution in [0.5, 0.6) is 0 Å². The Labute approximate surface area is 120 Å². The number of hydrogen-bond donors (Lipinski definition) is 1. The Morgan fingerprint density at radius 3 is 2.70 bits per heavy atom. The number of carbonyl (C=O) groups excluding carboxylic acids is 1. The summed E-state index contributed by atoms with van der Waals surface area (Å²) >= 11 is 0. The monoisotopic (exact) mass is 274 g/mol. The number of rotatable bonds is 5. The molecule has 0 unspecified atom stereocenters. The number of likely N-dealkylation sites (tertiary alicyclic amines) is 1. The van der Waals surface area contributed by atoms with E-state index in [2.05, 4.69) is 39.2 Å². The molecule has 20 heavy (non-hydrogen) atoms. The summed E-state index contributed by atoms with van der Waals surface area (Å²) in [5.74, 6) is -0.320. The lowest BCUT2D eigenvalue weighted by Crippen LogP contribution is -2.40. The Kier molecular flexibility index (Phi) is 5.62. The van der Waals surface area contributed by atoms with E-state index in [0.29, 0.717) is 6.04 Å². The Balaban J connectivity index is 1.70. The van der Waals surface area contributed by atoms with E-state index in [4.69, 9.17) is 0 Å². The molecule has 0 atom stereocenters. The van der Waals surface area contributed by atoms with Gasteiger partial charge in [-0.2, -0.15) is 0 Å². The molecule has 0 bridgehead atoms. The molecule has 1 aliphatic rings. The number of esters is 1. The predicted octanol–water partition coefficient (Wildman–Crippen LogP) is 1.93. The highest BCUT2D eigenvalue weighted by molar-refractivity contribution is 5.81. The van der Waals surface area contributed by atoms with Crippen LogP contribution in [0, 0.1) is 0 Å². The summed E-state index contributed by atoms with van der Waals surface area (Å²) < 4.78 is 4.55. The van der Waals surface area contributed by atoms with Gasteiger partial charge in [-0.05, 0) is 18.4 Å². The minimum absolute atomic E-state index is 0.320. The summed E-state index contributed by atoms with van der Waals surface area (Å²) in [6.45, 7) is 3.18. The van der Waals surface area contributed by atoms with Crippen molar-refractivity contribution in [1.29, 1.82) is 0 Å². The molecule has 4 nitrogen and oxygen atoms in total. The fourth-order valence-corrected chi connectivity index (χ4v) is 2.42. The van der Waals surface area contributed by atoms with Crippen LogP contribution in [0.4, 0.5) is 0 Å². The minimum Gasteiger partial charge on any atom is -0.466 e. The van der Waals surface area contributed by atoms with Crippen LogP contribution in [-0.2, 0) is 16.1 Å². The maximum atomic E-state index is 11.0. The van der Waals surface area contributed by atoms with Gasteiger partial charge in [-0.1, -0.05) is 30.3 Å². The molecule has 0 radical (unpaired) electrons. The second-order valence-corrected chi connectivity index (χ2v) is 5.06. The van der Waals surface area contributed by atoms with Crippen LogP contribution in [0.3, 0.4) is 0 Å². The van der Waals surface area contributed by atoms with Gasteiger partial charge < -0.3 is 10.1 Å².